The van der Waals surface area contributed by atoms with E-state index in [1.807, 2.05) is 59.2 Å². The van der Waals surface area contributed by atoms with Crippen LogP contribution >= 0.6 is 45.8 Å². The average molecular weight is 552 g/mol. The molecule has 0 spiro atoms. The summed E-state index contributed by atoms with van der Waals surface area (Å²) in [5, 5.41) is 1.93. The lowest BCUT2D eigenvalue weighted by Crippen LogP contribution is -2.12. The van der Waals surface area contributed by atoms with Crippen molar-refractivity contribution in [2.75, 3.05) is 7.11 Å². The fourth-order valence-electron chi connectivity index (χ4n) is 3.26. The summed E-state index contributed by atoms with van der Waals surface area (Å²) in [6.07, 6.45) is 0. The first-order valence-corrected chi connectivity index (χ1v) is 10.9. The highest BCUT2D eigenvalue weighted by molar-refractivity contribution is 14.1. The van der Waals surface area contributed by atoms with E-state index in [4.69, 9.17) is 32.7 Å². The summed E-state index contributed by atoms with van der Waals surface area (Å²) in [5.41, 5.74) is 2.12. The second kappa shape index (κ2) is 8.88. The Labute approximate surface area is 197 Å². The smallest absolute Gasteiger partial charge is 0.358 e. The van der Waals surface area contributed by atoms with Gasteiger partial charge in [-0.2, -0.15) is 0 Å². The Kier molecular flexibility index (Phi) is 6.22. The zero-order valence-corrected chi connectivity index (χ0v) is 19.5. The second-order valence-corrected chi connectivity index (χ2v) is 8.72. The third-order valence-electron chi connectivity index (χ3n) is 4.65. The van der Waals surface area contributed by atoms with E-state index >= 15 is 0 Å². The van der Waals surface area contributed by atoms with Gasteiger partial charge in [-0.3, -0.25) is 0 Å². The van der Waals surface area contributed by atoms with Gasteiger partial charge in [0.25, 0.3) is 0 Å². The van der Waals surface area contributed by atoms with E-state index in [-0.39, 0.29) is 0 Å². The van der Waals surface area contributed by atoms with E-state index in [2.05, 4.69) is 22.6 Å². The minimum absolute atomic E-state index is 0.322. The molecule has 0 aliphatic heterocycles. The van der Waals surface area contributed by atoms with Crippen molar-refractivity contribution in [1.29, 1.82) is 0 Å². The number of nitrogens with zero attached hydrogens (tertiary/aromatic N) is 1. The molecule has 4 rings (SSSR count). The van der Waals surface area contributed by atoms with E-state index in [1.54, 1.807) is 12.1 Å². The van der Waals surface area contributed by atoms with Crippen molar-refractivity contribution in [2.24, 2.45) is 0 Å². The number of carbonyl (C=O) groups is 1. The van der Waals surface area contributed by atoms with Gasteiger partial charge in [0.05, 0.1) is 12.6 Å². The molecule has 0 radical (unpaired) electrons. The topological polar surface area (TPSA) is 40.5 Å². The van der Waals surface area contributed by atoms with Crippen molar-refractivity contribution in [1.82, 2.24) is 4.57 Å². The van der Waals surface area contributed by atoms with E-state index in [9.17, 15) is 4.79 Å². The van der Waals surface area contributed by atoms with E-state index in [0.717, 1.165) is 20.0 Å². The second-order valence-electron chi connectivity index (χ2n) is 6.60. The number of benzene rings is 3. The van der Waals surface area contributed by atoms with Gasteiger partial charge in [-0.15, -0.1) is 0 Å². The van der Waals surface area contributed by atoms with Gasteiger partial charge in [0, 0.05) is 25.5 Å². The average Bonchev–Trinajstić information content (AvgIpc) is 3.03. The number of hydrogen-bond donors (Lipinski definition) is 0. The highest BCUT2D eigenvalue weighted by Crippen LogP contribution is 2.39. The first-order chi connectivity index (χ1) is 14.5. The number of fused-ring (bicyclic) bond motifs is 1. The van der Waals surface area contributed by atoms with Crippen LogP contribution in [0.3, 0.4) is 0 Å². The van der Waals surface area contributed by atoms with Gasteiger partial charge in [-0.25, -0.2) is 4.79 Å². The lowest BCUT2D eigenvalue weighted by molar-refractivity contribution is 0.0586. The van der Waals surface area contributed by atoms with Crippen LogP contribution in [-0.4, -0.2) is 17.6 Å². The lowest BCUT2D eigenvalue weighted by Gasteiger charge is -2.11. The highest BCUT2D eigenvalue weighted by atomic mass is 127. The van der Waals surface area contributed by atoms with Gasteiger partial charge in [-0.1, -0.05) is 35.3 Å². The summed E-state index contributed by atoms with van der Waals surface area (Å²) in [4.78, 5) is 12.8. The van der Waals surface area contributed by atoms with Gasteiger partial charge in [0.2, 0.25) is 0 Å². The molecule has 0 amide bonds. The Balaban J connectivity index is 1.91. The fraction of sp³-hybridized carbons (Fsp3) is 0.0870. The molecule has 0 bridgehead atoms. The van der Waals surface area contributed by atoms with Crippen molar-refractivity contribution in [3.63, 3.8) is 0 Å². The summed E-state index contributed by atoms with van der Waals surface area (Å²) in [7, 11) is 1.36. The van der Waals surface area contributed by atoms with E-state index < -0.39 is 5.97 Å². The zero-order valence-electron chi connectivity index (χ0n) is 15.9. The van der Waals surface area contributed by atoms with Crippen molar-refractivity contribution < 1.29 is 14.3 Å². The third-order valence-corrected chi connectivity index (χ3v) is 5.85. The standard InChI is InChI=1S/C23H16Cl2INO3/c1-29-23(28)21-22(30-18-9-7-17(26)8-10-18)19-12-16(25)6-11-20(19)27(21)13-14-2-4-15(24)5-3-14/h2-12H,13H2,1H3. The van der Waals surface area contributed by atoms with Gasteiger partial charge in [0.1, 0.15) is 5.75 Å². The summed E-state index contributed by atoms with van der Waals surface area (Å²) < 4.78 is 14.2. The molecule has 152 valence electrons. The molecule has 0 aliphatic rings. The van der Waals surface area contributed by atoms with Crippen molar-refractivity contribution in [3.05, 3.63) is 91.6 Å². The maximum absolute atomic E-state index is 12.8. The van der Waals surface area contributed by atoms with E-state index in [0.29, 0.717) is 33.8 Å². The number of ether oxygens (including phenoxy) is 2. The number of methoxy groups -OCH3 is 1. The minimum atomic E-state index is -0.489. The van der Waals surface area contributed by atoms with Crippen LogP contribution in [0.5, 0.6) is 11.5 Å². The van der Waals surface area contributed by atoms with Crippen LogP contribution in [0.2, 0.25) is 10.0 Å². The molecule has 0 saturated carbocycles. The zero-order chi connectivity index (χ0) is 21.3. The Hall–Kier alpha value is -2.22. The largest absolute Gasteiger partial charge is 0.464 e. The number of halogens is 3. The van der Waals surface area contributed by atoms with Crippen LogP contribution in [0.25, 0.3) is 10.9 Å². The van der Waals surface area contributed by atoms with Crippen molar-refractivity contribution in [2.45, 2.75) is 6.54 Å². The van der Waals surface area contributed by atoms with Crippen molar-refractivity contribution in [3.8, 4) is 11.5 Å². The Morgan fingerprint density at radius 2 is 1.63 bits per heavy atom. The molecule has 0 unspecified atom stereocenters. The first-order valence-electron chi connectivity index (χ1n) is 9.04. The fourth-order valence-corrected chi connectivity index (χ4v) is 3.91. The molecule has 4 nitrogen and oxygen atoms in total. The van der Waals surface area contributed by atoms with Crippen LogP contribution in [0.4, 0.5) is 0 Å². The SMILES string of the molecule is COC(=O)c1c(Oc2ccc(I)cc2)c2cc(Cl)ccc2n1Cc1ccc(Cl)cc1. The van der Waals surface area contributed by atoms with Crippen LogP contribution in [-0.2, 0) is 11.3 Å². The highest BCUT2D eigenvalue weighted by Gasteiger charge is 2.26. The Bertz CT molecular complexity index is 1220. The summed E-state index contributed by atoms with van der Waals surface area (Å²) in [6, 6.07) is 20.5. The Morgan fingerprint density at radius 3 is 2.30 bits per heavy atom. The van der Waals surface area contributed by atoms with Gasteiger partial charge in [-0.05, 0) is 82.8 Å². The molecule has 0 fully saturated rings. The molecule has 0 saturated heterocycles. The molecule has 1 aromatic heterocycles. The molecule has 0 aliphatic carbocycles. The third kappa shape index (κ3) is 4.29. The van der Waals surface area contributed by atoms with Crippen molar-refractivity contribution >= 4 is 62.7 Å². The summed E-state index contributed by atoms with van der Waals surface area (Å²) in [5.74, 6) is 0.539. The predicted molar refractivity (Wildman–Crippen MR) is 128 cm³/mol. The van der Waals surface area contributed by atoms with Crippen LogP contribution in [0.15, 0.2) is 66.7 Å². The van der Waals surface area contributed by atoms with Gasteiger partial charge < -0.3 is 14.0 Å². The van der Waals surface area contributed by atoms with Gasteiger partial charge >= 0.3 is 5.97 Å². The quantitative estimate of drug-likeness (QED) is 0.195. The predicted octanol–water partition coefficient (Wildman–Crippen LogP) is 7.18. The number of hydrogen-bond acceptors (Lipinski definition) is 3. The maximum atomic E-state index is 12.8. The molecule has 7 heteroatoms. The normalized spacial score (nSPS) is 10.9. The number of aromatic nitrogens is 1. The van der Waals surface area contributed by atoms with Crippen LogP contribution in [0, 0.1) is 3.57 Å². The monoisotopic (exact) mass is 551 g/mol. The molecule has 0 atom stereocenters. The number of carbonyl (C=O) groups excluding carboxylic acids is 1. The number of rotatable bonds is 5. The number of esters is 1. The molecule has 0 N–H and O–H groups in total. The van der Waals surface area contributed by atoms with Gasteiger partial charge in [0.15, 0.2) is 11.4 Å². The van der Waals surface area contributed by atoms with E-state index in [1.165, 1.54) is 7.11 Å². The molecule has 30 heavy (non-hydrogen) atoms. The molecule has 4 aromatic rings. The molecule has 1 heterocycles. The van der Waals surface area contributed by atoms with Crippen LogP contribution < -0.4 is 4.74 Å². The molecule has 3 aromatic carbocycles. The minimum Gasteiger partial charge on any atom is -0.464 e. The molecular formula is C23H16Cl2INO3. The first kappa shape index (κ1) is 21.0. The Morgan fingerprint density at radius 1 is 0.967 bits per heavy atom. The molecular weight excluding hydrogens is 536 g/mol. The maximum Gasteiger partial charge on any atom is 0.358 e. The lowest BCUT2D eigenvalue weighted by atomic mass is 10.2. The van der Waals surface area contributed by atoms with Crippen LogP contribution in [0.1, 0.15) is 16.1 Å². The summed E-state index contributed by atoms with van der Waals surface area (Å²) in [6.45, 7) is 0.440. The summed E-state index contributed by atoms with van der Waals surface area (Å²) >= 11 is 14.5.